The van der Waals surface area contributed by atoms with Crippen LogP contribution in [-0.4, -0.2) is 9.97 Å². The Balaban J connectivity index is 2.53. The van der Waals surface area contributed by atoms with Crippen LogP contribution >= 0.6 is 15.9 Å². The van der Waals surface area contributed by atoms with Gasteiger partial charge in [-0.1, -0.05) is 0 Å². The van der Waals surface area contributed by atoms with Crippen molar-refractivity contribution in [2.45, 2.75) is 0 Å². The highest BCUT2D eigenvalue weighted by Gasteiger charge is 2.07. The summed E-state index contributed by atoms with van der Waals surface area (Å²) in [6.07, 6.45) is 5.05. The summed E-state index contributed by atoms with van der Waals surface area (Å²) in [5, 5.41) is 0. The maximum atomic E-state index is 5.17. The molecule has 4 heteroatoms. The molecule has 56 valence electrons. The lowest BCUT2D eigenvalue weighted by molar-refractivity contribution is 0.577. The van der Waals surface area contributed by atoms with E-state index in [-0.39, 0.29) is 0 Å². The molecule has 0 saturated carbocycles. The molecule has 0 aliphatic rings. The quantitative estimate of drug-likeness (QED) is 0.790. The fraction of sp³-hybridized carbons (Fsp3) is 0. The number of halogens is 1. The Morgan fingerprint density at radius 3 is 3.00 bits per heavy atom. The van der Waals surface area contributed by atoms with E-state index in [1.54, 1.807) is 18.7 Å². The molecule has 0 unspecified atom stereocenters. The summed E-state index contributed by atoms with van der Waals surface area (Å²) < 4.78 is 6.08. The third kappa shape index (κ3) is 1.09. The van der Waals surface area contributed by atoms with Crippen molar-refractivity contribution in [2.75, 3.05) is 0 Å². The highest BCUT2D eigenvalue weighted by atomic mass is 79.9. The van der Waals surface area contributed by atoms with Crippen LogP contribution in [0.3, 0.4) is 0 Å². The maximum Gasteiger partial charge on any atom is 0.183 e. The largest absolute Gasteiger partial charge is 0.460 e. The van der Waals surface area contributed by atoms with Crippen LogP contribution < -0.4 is 0 Å². The molecule has 0 saturated heterocycles. The lowest BCUT2D eigenvalue weighted by atomic mass is 10.4. The topological polar surface area (TPSA) is 41.8 Å². The molecule has 0 spiro atoms. The minimum atomic E-state index is 0.731. The van der Waals surface area contributed by atoms with Gasteiger partial charge < -0.3 is 9.40 Å². The Labute approximate surface area is 71.6 Å². The second-order valence-corrected chi connectivity index (χ2v) is 2.89. The van der Waals surface area contributed by atoms with Crippen molar-refractivity contribution in [1.29, 1.82) is 0 Å². The van der Waals surface area contributed by atoms with Gasteiger partial charge in [-0.25, -0.2) is 4.98 Å². The lowest BCUT2D eigenvalue weighted by Gasteiger charge is -1.88. The highest BCUT2D eigenvalue weighted by molar-refractivity contribution is 9.10. The van der Waals surface area contributed by atoms with Crippen molar-refractivity contribution < 1.29 is 4.42 Å². The first kappa shape index (κ1) is 6.67. The van der Waals surface area contributed by atoms with E-state index in [2.05, 4.69) is 25.9 Å². The molecular formula is C7H5BrN2O. The van der Waals surface area contributed by atoms with Crippen molar-refractivity contribution in [2.24, 2.45) is 0 Å². The van der Waals surface area contributed by atoms with Crippen LogP contribution in [0.5, 0.6) is 0 Å². The van der Waals surface area contributed by atoms with E-state index >= 15 is 0 Å². The van der Waals surface area contributed by atoms with E-state index in [0.717, 1.165) is 16.1 Å². The van der Waals surface area contributed by atoms with Crippen molar-refractivity contribution in [3.8, 4) is 11.6 Å². The molecule has 2 heterocycles. The van der Waals surface area contributed by atoms with Gasteiger partial charge in [-0.15, -0.1) is 0 Å². The van der Waals surface area contributed by atoms with Gasteiger partial charge in [0.05, 0.1) is 10.7 Å². The van der Waals surface area contributed by atoms with Crippen molar-refractivity contribution in [3.05, 3.63) is 29.2 Å². The third-order valence-electron chi connectivity index (χ3n) is 1.33. The molecule has 0 radical (unpaired) electrons. The molecule has 0 amide bonds. The predicted molar refractivity (Wildman–Crippen MR) is 44.0 cm³/mol. The number of hydrogen-bond acceptors (Lipinski definition) is 2. The maximum absolute atomic E-state index is 5.17. The molecule has 0 aromatic carbocycles. The highest BCUT2D eigenvalue weighted by Crippen LogP contribution is 2.25. The van der Waals surface area contributed by atoms with Crippen LogP contribution in [0.1, 0.15) is 0 Å². The summed E-state index contributed by atoms with van der Waals surface area (Å²) in [5.74, 6) is 1.47. The zero-order chi connectivity index (χ0) is 7.68. The van der Waals surface area contributed by atoms with Gasteiger partial charge in [0.1, 0.15) is 0 Å². The fourth-order valence-corrected chi connectivity index (χ4v) is 1.24. The number of nitrogens with zero attached hydrogens (tertiary/aromatic N) is 1. The van der Waals surface area contributed by atoms with E-state index in [0.29, 0.717) is 0 Å². The number of rotatable bonds is 1. The van der Waals surface area contributed by atoms with Crippen LogP contribution in [0.15, 0.2) is 33.6 Å². The first-order chi connectivity index (χ1) is 5.38. The van der Waals surface area contributed by atoms with E-state index in [1.807, 2.05) is 6.07 Å². The monoisotopic (exact) mass is 212 g/mol. The number of furan rings is 1. The Morgan fingerprint density at radius 2 is 2.45 bits per heavy atom. The van der Waals surface area contributed by atoms with Crippen LogP contribution in [0.2, 0.25) is 0 Å². The van der Waals surface area contributed by atoms with Gasteiger partial charge in [0.25, 0.3) is 0 Å². The van der Waals surface area contributed by atoms with Crippen LogP contribution in [0, 0.1) is 0 Å². The Kier molecular flexibility index (Phi) is 1.54. The van der Waals surface area contributed by atoms with Crippen molar-refractivity contribution >= 4 is 15.9 Å². The molecule has 0 aliphatic heterocycles. The number of aromatic amines is 1. The van der Waals surface area contributed by atoms with Gasteiger partial charge in [0.2, 0.25) is 0 Å². The number of nitrogens with one attached hydrogen (secondary N) is 1. The fourth-order valence-electron chi connectivity index (χ4n) is 0.852. The van der Waals surface area contributed by atoms with E-state index in [1.165, 1.54) is 0 Å². The van der Waals surface area contributed by atoms with E-state index < -0.39 is 0 Å². The minimum Gasteiger partial charge on any atom is -0.460 e. The van der Waals surface area contributed by atoms with Gasteiger partial charge in [0.15, 0.2) is 11.6 Å². The predicted octanol–water partition coefficient (Wildman–Crippen LogP) is 2.43. The SMILES string of the molecule is Brc1ccoc1-c1ncc[nH]1. The second-order valence-electron chi connectivity index (χ2n) is 2.04. The summed E-state index contributed by atoms with van der Waals surface area (Å²) in [4.78, 5) is 6.99. The second kappa shape index (κ2) is 2.54. The number of imidazole rings is 1. The molecule has 0 bridgehead atoms. The summed E-state index contributed by atoms with van der Waals surface area (Å²) in [5.41, 5.74) is 0. The van der Waals surface area contributed by atoms with Gasteiger partial charge in [0, 0.05) is 12.4 Å². The summed E-state index contributed by atoms with van der Waals surface area (Å²) in [7, 11) is 0. The Morgan fingerprint density at radius 1 is 1.55 bits per heavy atom. The van der Waals surface area contributed by atoms with E-state index in [4.69, 9.17) is 4.42 Å². The molecule has 3 nitrogen and oxygen atoms in total. The van der Waals surface area contributed by atoms with Gasteiger partial charge in [-0.05, 0) is 22.0 Å². The van der Waals surface area contributed by atoms with Gasteiger partial charge in [-0.2, -0.15) is 0 Å². The third-order valence-corrected chi connectivity index (χ3v) is 1.95. The first-order valence-corrected chi connectivity index (χ1v) is 3.90. The lowest BCUT2D eigenvalue weighted by Crippen LogP contribution is -1.75. The molecule has 1 N–H and O–H groups in total. The summed E-state index contributed by atoms with van der Waals surface area (Å²) in [6.45, 7) is 0. The molecule has 0 aliphatic carbocycles. The van der Waals surface area contributed by atoms with Crippen LogP contribution in [0.25, 0.3) is 11.6 Å². The zero-order valence-electron chi connectivity index (χ0n) is 5.54. The van der Waals surface area contributed by atoms with E-state index in [9.17, 15) is 0 Å². The molecule has 2 aromatic heterocycles. The summed E-state index contributed by atoms with van der Waals surface area (Å²) in [6, 6.07) is 1.83. The average molecular weight is 213 g/mol. The zero-order valence-corrected chi connectivity index (χ0v) is 7.13. The molecule has 11 heavy (non-hydrogen) atoms. The van der Waals surface area contributed by atoms with Gasteiger partial charge >= 0.3 is 0 Å². The Hall–Kier alpha value is -1.03. The minimum absolute atomic E-state index is 0.731. The molecule has 2 rings (SSSR count). The first-order valence-electron chi connectivity index (χ1n) is 3.10. The normalized spacial score (nSPS) is 10.3. The number of aromatic nitrogens is 2. The molecule has 0 atom stereocenters. The Bertz CT molecular complexity index is 339. The molecular weight excluding hydrogens is 208 g/mol. The smallest absolute Gasteiger partial charge is 0.183 e. The van der Waals surface area contributed by atoms with Crippen LogP contribution in [0.4, 0.5) is 0 Å². The average Bonchev–Trinajstić information content (AvgIpc) is 2.55. The standard InChI is InChI=1S/C7H5BrN2O/c8-5-1-4-11-6(5)7-9-2-3-10-7/h1-4H,(H,9,10). The van der Waals surface area contributed by atoms with Crippen LogP contribution in [-0.2, 0) is 0 Å². The summed E-state index contributed by atoms with van der Waals surface area (Å²) >= 11 is 3.33. The van der Waals surface area contributed by atoms with Crippen molar-refractivity contribution in [3.63, 3.8) is 0 Å². The number of H-pyrrole nitrogens is 1. The molecule has 2 aromatic rings. The van der Waals surface area contributed by atoms with Gasteiger partial charge in [-0.3, -0.25) is 0 Å². The molecule has 0 fully saturated rings. The number of hydrogen-bond donors (Lipinski definition) is 1. The van der Waals surface area contributed by atoms with Crippen molar-refractivity contribution in [1.82, 2.24) is 9.97 Å².